The summed E-state index contributed by atoms with van der Waals surface area (Å²) in [6, 6.07) is 0. The van der Waals surface area contributed by atoms with Crippen LogP contribution in [0, 0.1) is 5.41 Å². The lowest BCUT2D eigenvalue weighted by Gasteiger charge is -2.30. The predicted octanol–water partition coefficient (Wildman–Crippen LogP) is 2.70. The molecule has 0 spiro atoms. The van der Waals surface area contributed by atoms with Gasteiger partial charge in [0.2, 0.25) is 5.78 Å². The molecule has 3 nitrogen and oxygen atoms in total. The minimum atomic E-state index is -0.415. The van der Waals surface area contributed by atoms with E-state index in [1.165, 1.54) is 0 Å². The average molecular weight is 226 g/mol. The Kier molecular flexibility index (Phi) is 4.54. The Balaban J connectivity index is 2.78. The molecule has 1 aliphatic rings. The maximum atomic E-state index is 12.2. The van der Waals surface area contributed by atoms with Crippen LogP contribution in [0.3, 0.4) is 0 Å². The predicted molar refractivity (Wildman–Crippen MR) is 63.1 cm³/mol. The summed E-state index contributed by atoms with van der Waals surface area (Å²) in [6.07, 6.45) is 3.38. The third-order valence-electron chi connectivity index (χ3n) is 2.54. The van der Waals surface area contributed by atoms with Crippen molar-refractivity contribution >= 4 is 5.78 Å². The maximum absolute atomic E-state index is 12.2. The number of allylic oxidation sites excluding steroid dienone is 1. The number of Topliss-reactive ketones (excluding diaryl/α,β-unsaturated/α-hetero) is 1. The zero-order valence-corrected chi connectivity index (χ0v) is 10.7. The van der Waals surface area contributed by atoms with E-state index in [9.17, 15) is 4.79 Å². The second kappa shape index (κ2) is 5.48. The molecule has 1 aliphatic heterocycles. The van der Waals surface area contributed by atoms with Gasteiger partial charge in [-0.1, -0.05) is 20.8 Å². The topological polar surface area (TPSA) is 35.5 Å². The Morgan fingerprint density at radius 2 is 2.25 bits per heavy atom. The molecule has 0 aromatic carbocycles. The quantitative estimate of drug-likeness (QED) is 0.739. The molecule has 0 saturated heterocycles. The van der Waals surface area contributed by atoms with Crippen LogP contribution >= 0.6 is 0 Å². The van der Waals surface area contributed by atoms with E-state index in [-0.39, 0.29) is 11.2 Å². The largest absolute Gasteiger partial charge is 0.490 e. The van der Waals surface area contributed by atoms with Gasteiger partial charge in [0.25, 0.3) is 0 Å². The van der Waals surface area contributed by atoms with E-state index < -0.39 is 6.10 Å². The molecule has 0 N–H and O–H groups in total. The number of rotatable bonds is 4. The molecule has 0 radical (unpaired) electrons. The van der Waals surface area contributed by atoms with Gasteiger partial charge >= 0.3 is 0 Å². The lowest BCUT2D eigenvalue weighted by atomic mass is 9.85. The highest BCUT2D eigenvalue weighted by Crippen LogP contribution is 2.26. The normalized spacial score (nSPS) is 18.6. The fourth-order valence-corrected chi connectivity index (χ4v) is 1.74. The van der Waals surface area contributed by atoms with Gasteiger partial charge in [-0.15, -0.1) is 0 Å². The minimum Gasteiger partial charge on any atom is -0.490 e. The summed E-state index contributed by atoms with van der Waals surface area (Å²) in [5.74, 6) is 0.466. The highest BCUT2D eigenvalue weighted by atomic mass is 16.5. The molecule has 0 bridgehead atoms. The molecule has 0 saturated carbocycles. The fourth-order valence-electron chi connectivity index (χ4n) is 1.74. The van der Waals surface area contributed by atoms with Gasteiger partial charge in [-0.25, -0.2) is 0 Å². The second-order valence-corrected chi connectivity index (χ2v) is 5.12. The molecule has 0 aromatic rings. The van der Waals surface area contributed by atoms with Crippen molar-refractivity contribution in [2.24, 2.45) is 5.41 Å². The molecule has 16 heavy (non-hydrogen) atoms. The highest BCUT2D eigenvalue weighted by Gasteiger charge is 2.34. The number of hydrogen-bond donors (Lipinski definition) is 0. The Bertz CT molecular complexity index is 273. The number of ether oxygens (including phenoxy) is 2. The van der Waals surface area contributed by atoms with Gasteiger partial charge in [-0.3, -0.25) is 4.79 Å². The number of hydrogen-bond acceptors (Lipinski definition) is 3. The first-order chi connectivity index (χ1) is 7.46. The van der Waals surface area contributed by atoms with Crippen LogP contribution in [0.15, 0.2) is 11.8 Å². The fraction of sp³-hybridized carbons (Fsp3) is 0.769. The third kappa shape index (κ3) is 3.34. The zero-order chi connectivity index (χ0) is 12.2. The SMILES string of the molecule is CCOC(C(=O)C1=CCCCO1)C(C)(C)C. The molecule has 92 valence electrons. The van der Waals surface area contributed by atoms with Gasteiger partial charge in [0.1, 0.15) is 6.10 Å². The summed E-state index contributed by atoms with van der Waals surface area (Å²) >= 11 is 0. The third-order valence-corrected chi connectivity index (χ3v) is 2.54. The molecule has 1 rings (SSSR count). The summed E-state index contributed by atoms with van der Waals surface area (Å²) in [4.78, 5) is 12.2. The van der Waals surface area contributed by atoms with Gasteiger partial charge in [0, 0.05) is 6.61 Å². The summed E-state index contributed by atoms with van der Waals surface area (Å²) < 4.78 is 10.9. The molecule has 1 unspecified atom stereocenters. The van der Waals surface area contributed by atoms with Crippen LogP contribution in [0.4, 0.5) is 0 Å². The Morgan fingerprint density at radius 3 is 2.69 bits per heavy atom. The van der Waals surface area contributed by atoms with Crippen molar-refractivity contribution in [1.29, 1.82) is 0 Å². The summed E-state index contributed by atoms with van der Waals surface area (Å²) in [5.41, 5.74) is -0.200. The first-order valence-corrected chi connectivity index (χ1v) is 5.95. The molecular weight excluding hydrogens is 204 g/mol. The molecule has 0 amide bonds. The van der Waals surface area contributed by atoms with Crippen molar-refractivity contribution in [2.75, 3.05) is 13.2 Å². The van der Waals surface area contributed by atoms with E-state index >= 15 is 0 Å². The van der Waals surface area contributed by atoms with Crippen LogP contribution in [0.25, 0.3) is 0 Å². The van der Waals surface area contributed by atoms with Gasteiger partial charge in [-0.05, 0) is 31.3 Å². The van der Waals surface area contributed by atoms with Crippen LogP contribution in [0.2, 0.25) is 0 Å². The van der Waals surface area contributed by atoms with Crippen molar-refractivity contribution in [3.8, 4) is 0 Å². The van der Waals surface area contributed by atoms with Crippen LogP contribution < -0.4 is 0 Å². The Labute approximate surface area is 97.8 Å². The van der Waals surface area contributed by atoms with Gasteiger partial charge in [0.15, 0.2) is 5.76 Å². The highest BCUT2D eigenvalue weighted by molar-refractivity contribution is 5.97. The Hall–Kier alpha value is -0.830. The van der Waals surface area contributed by atoms with E-state index in [1.807, 2.05) is 33.8 Å². The van der Waals surface area contributed by atoms with E-state index in [4.69, 9.17) is 9.47 Å². The number of carbonyl (C=O) groups excluding carboxylic acids is 1. The van der Waals surface area contributed by atoms with Crippen LogP contribution in [0.1, 0.15) is 40.5 Å². The van der Waals surface area contributed by atoms with Crippen LogP contribution in [0.5, 0.6) is 0 Å². The van der Waals surface area contributed by atoms with E-state index in [0.29, 0.717) is 19.0 Å². The number of ketones is 1. The van der Waals surface area contributed by atoms with Gasteiger partial charge in [0.05, 0.1) is 6.61 Å². The van der Waals surface area contributed by atoms with Gasteiger partial charge in [-0.2, -0.15) is 0 Å². The lowest BCUT2D eigenvalue weighted by molar-refractivity contribution is -0.137. The summed E-state index contributed by atoms with van der Waals surface area (Å²) in [7, 11) is 0. The first-order valence-electron chi connectivity index (χ1n) is 5.95. The van der Waals surface area contributed by atoms with Crippen molar-refractivity contribution in [1.82, 2.24) is 0 Å². The second-order valence-electron chi connectivity index (χ2n) is 5.12. The molecule has 3 heteroatoms. The Morgan fingerprint density at radius 1 is 1.56 bits per heavy atom. The average Bonchev–Trinajstić information content (AvgIpc) is 2.25. The van der Waals surface area contributed by atoms with Crippen molar-refractivity contribution < 1.29 is 14.3 Å². The van der Waals surface area contributed by atoms with E-state index in [0.717, 1.165) is 12.8 Å². The molecule has 1 atom stereocenters. The molecule has 0 aromatic heterocycles. The van der Waals surface area contributed by atoms with Gasteiger partial charge < -0.3 is 9.47 Å². The van der Waals surface area contributed by atoms with E-state index in [2.05, 4.69) is 0 Å². The lowest BCUT2D eigenvalue weighted by Crippen LogP contribution is -2.38. The van der Waals surface area contributed by atoms with E-state index in [1.54, 1.807) is 0 Å². The summed E-state index contributed by atoms with van der Waals surface area (Å²) in [5, 5.41) is 0. The van der Waals surface area contributed by atoms with Crippen LogP contribution in [-0.2, 0) is 14.3 Å². The summed E-state index contributed by atoms with van der Waals surface area (Å²) in [6.45, 7) is 9.11. The number of carbonyl (C=O) groups is 1. The smallest absolute Gasteiger partial charge is 0.226 e. The van der Waals surface area contributed by atoms with Crippen molar-refractivity contribution in [3.05, 3.63) is 11.8 Å². The molecule has 0 fully saturated rings. The minimum absolute atomic E-state index is 0.0194. The molecular formula is C13H22O3. The molecule has 1 heterocycles. The molecule has 0 aliphatic carbocycles. The first kappa shape index (κ1) is 13.2. The zero-order valence-electron chi connectivity index (χ0n) is 10.7. The monoisotopic (exact) mass is 226 g/mol. The van der Waals surface area contributed by atoms with Crippen molar-refractivity contribution in [3.63, 3.8) is 0 Å². The van der Waals surface area contributed by atoms with Crippen molar-refractivity contribution in [2.45, 2.75) is 46.6 Å². The van der Waals surface area contributed by atoms with Crippen LogP contribution in [-0.4, -0.2) is 25.1 Å². The maximum Gasteiger partial charge on any atom is 0.226 e. The standard InChI is InChI=1S/C13H22O3/c1-5-15-12(13(2,3)4)11(14)10-8-6-7-9-16-10/h8,12H,5-7,9H2,1-4H3.